The van der Waals surface area contributed by atoms with Crippen molar-refractivity contribution in [3.63, 3.8) is 0 Å². The second-order valence-electron chi connectivity index (χ2n) is 6.31. The summed E-state index contributed by atoms with van der Waals surface area (Å²) < 4.78 is 0. The summed E-state index contributed by atoms with van der Waals surface area (Å²) in [5.41, 5.74) is 0.609. The lowest BCUT2D eigenvalue weighted by molar-refractivity contribution is -0.134. The van der Waals surface area contributed by atoms with E-state index in [0.29, 0.717) is 22.2 Å². The van der Waals surface area contributed by atoms with E-state index in [2.05, 4.69) is 5.32 Å². The van der Waals surface area contributed by atoms with Gasteiger partial charge in [-0.15, -0.1) is 0 Å². The number of likely N-dealkylation sites (tertiary alicyclic amines) is 1. The van der Waals surface area contributed by atoms with E-state index < -0.39 is 0 Å². The van der Waals surface area contributed by atoms with Crippen molar-refractivity contribution in [3.8, 4) is 0 Å². The highest BCUT2D eigenvalue weighted by Gasteiger charge is 2.49. The number of amides is 2. The SMILES string of the molecule is O=C(Nc1ccc(Cl)c(Cl)c1)C1CC1C(=O)N1CCCCCC1. The maximum absolute atomic E-state index is 12.5. The standard InChI is InChI=1S/C17H20Cl2N2O2/c18-14-6-5-11(9-15(14)19)20-16(22)12-10-13(12)17(23)21-7-3-1-2-4-8-21/h5-6,9,12-13H,1-4,7-8,10H2,(H,20,22). The Bertz CT molecular complexity index is 613. The van der Waals surface area contributed by atoms with Gasteiger partial charge in [-0.05, 0) is 37.5 Å². The molecule has 2 aliphatic rings. The molecule has 1 aliphatic heterocycles. The predicted molar refractivity (Wildman–Crippen MR) is 91.7 cm³/mol. The highest BCUT2D eigenvalue weighted by atomic mass is 35.5. The molecule has 1 aromatic rings. The first-order valence-electron chi connectivity index (χ1n) is 8.11. The Kier molecular flexibility index (Phi) is 5.12. The summed E-state index contributed by atoms with van der Waals surface area (Å²) >= 11 is 11.8. The topological polar surface area (TPSA) is 49.4 Å². The maximum Gasteiger partial charge on any atom is 0.228 e. The molecule has 1 aliphatic carbocycles. The molecule has 4 nitrogen and oxygen atoms in total. The third-order valence-corrected chi connectivity index (χ3v) is 5.29. The van der Waals surface area contributed by atoms with Crippen LogP contribution >= 0.6 is 23.2 Å². The Labute approximate surface area is 146 Å². The van der Waals surface area contributed by atoms with Crippen LogP contribution in [0.2, 0.25) is 10.0 Å². The van der Waals surface area contributed by atoms with E-state index in [1.54, 1.807) is 18.2 Å². The average Bonchev–Trinajstić information content (AvgIpc) is 3.33. The molecule has 1 saturated heterocycles. The Morgan fingerprint density at radius 3 is 2.35 bits per heavy atom. The summed E-state index contributed by atoms with van der Waals surface area (Å²) in [6, 6.07) is 4.97. The Hall–Kier alpha value is -1.26. The number of carbonyl (C=O) groups is 2. The lowest BCUT2D eigenvalue weighted by atomic mass is 10.2. The van der Waals surface area contributed by atoms with Crippen LogP contribution in [0.4, 0.5) is 5.69 Å². The lowest BCUT2D eigenvalue weighted by Gasteiger charge is -2.20. The van der Waals surface area contributed by atoms with Gasteiger partial charge in [0.05, 0.1) is 21.9 Å². The second kappa shape index (κ2) is 7.10. The zero-order valence-corrected chi connectivity index (χ0v) is 14.4. The molecule has 1 saturated carbocycles. The first kappa shape index (κ1) is 16.6. The summed E-state index contributed by atoms with van der Waals surface area (Å²) in [5, 5.41) is 3.67. The van der Waals surface area contributed by atoms with Gasteiger partial charge >= 0.3 is 0 Å². The minimum absolute atomic E-state index is 0.114. The molecule has 2 unspecified atom stereocenters. The molecule has 2 fully saturated rings. The van der Waals surface area contributed by atoms with Crippen LogP contribution in [0.25, 0.3) is 0 Å². The zero-order valence-electron chi connectivity index (χ0n) is 12.9. The van der Waals surface area contributed by atoms with E-state index in [-0.39, 0.29) is 23.7 Å². The Balaban J connectivity index is 1.55. The molecule has 6 heteroatoms. The van der Waals surface area contributed by atoms with Gasteiger partial charge in [-0.2, -0.15) is 0 Å². The van der Waals surface area contributed by atoms with Crippen LogP contribution in [0, 0.1) is 11.8 Å². The van der Waals surface area contributed by atoms with Crippen molar-refractivity contribution in [3.05, 3.63) is 28.2 Å². The molecule has 0 aromatic heterocycles. The fraction of sp³-hybridized carbons (Fsp3) is 0.529. The van der Waals surface area contributed by atoms with Crippen LogP contribution in [0.15, 0.2) is 18.2 Å². The molecule has 1 aromatic carbocycles. The quantitative estimate of drug-likeness (QED) is 0.892. The van der Waals surface area contributed by atoms with Crippen molar-refractivity contribution in [2.75, 3.05) is 18.4 Å². The van der Waals surface area contributed by atoms with E-state index in [9.17, 15) is 9.59 Å². The van der Waals surface area contributed by atoms with Crippen molar-refractivity contribution in [2.45, 2.75) is 32.1 Å². The number of hydrogen-bond acceptors (Lipinski definition) is 2. The lowest BCUT2D eigenvalue weighted by Crippen LogP contribution is -2.34. The number of anilines is 1. The molecule has 1 N–H and O–H groups in total. The van der Waals surface area contributed by atoms with E-state index in [1.165, 1.54) is 12.8 Å². The van der Waals surface area contributed by atoms with E-state index >= 15 is 0 Å². The van der Waals surface area contributed by atoms with Crippen molar-refractivity contribution in [2.24, 2.45) is 11.8 Å². The first-order chi connectivity index (χ1) is 11.1. The maximum atomic E-state index is 12.5. The van der Waals surface area contributed by atoms with Crippen LogP contribution in [-0.2, 0) is 9.59 Å². The van der Waals surface area contributed by atoms with Gasteiger partial charge in [0.25, 0.3) is 0 Å². The molecular weight excluding hydrogens is 335 g/mol. The van der Waals surface area contributed by atoms with Crippen LogP contribution < -0.4 is 5.32 Å². The summed E-state index contributed by atoms with van der Waals surface area (Å²) in [7, 11) is 0. The summed E-state index contributed by atoms with van der Waals surface area (Å²) in [4.78, 5) is 26.7. The van der Waals surface area contributed by atoms with Gasteiger partial charge in [0, 0.05) is 18.8 Å². The number of halogens is 2. The van der Waals surface area contributed by atoms with Gasteiger partial charge in [0.15, 0.2) is 0 Å². The summed E-state index contributed by atoms with van der Waals surface area (Å²) in [5.74, 6) is -0.353. The van der Waals surface area contributed by atoms with Crippen LogP contribution in [0.5, 0.6) is 0 Å². The van der Waals surface area contributed by atoms with Crippen molar-refractivity contribution in [1.82, 2.24) is 4.90 Å². The molecular formula is C17H20Cl2N2O2. The monoisotopic (exact) mass is 354 g/mol. The third kappa shape index (κ3) is 3.99. The fourth-order valence-electron chi connectivity index (χ4n) is 3.09. The van der Waals surface area contributed by atoms with Gasteiger partial charge in [-0.25, -0.2) is 0 Å². The molecule has 2 atom stereocenters. The number of nitrogens with one attached hydrogen (secondary N) is 1. The minimum atomic E-state index is -0.222. The van der Waals surface area contributed by atoms with Gasteiger partial charge < -0.3 is 10.2 Å². The van der Waals surface area contributed by atoms with E-state index in [4.69, 9.17) is 23.2 Å². The highest BCUT2D eigenvalue weighted by Crippen LogP contribution is 2.41. The van der Waals surface area contributed by atoms with Crippen molar-refractivity contribution >= 4 is 40.7 Å². The first-order valence-corrected chi connectivity index (χ1v) is 8.86. The molecule has 0 bridgehead atoms. The van der Waals surface area contributed by atoms with Crippen LogP contribution in [0.3, 0.4) is 0 Å². The number of hydrogen-bond donors (Lipinski definition) is 1. The fourth-order valence-corrected chi connectivity index (χ4v) is 3.39. The molecule has 0 spiro atoms. The van der Waals surface area contributed by atoms with Gasteiger partial charge in [0.2, 0.25) is 11.8 Å². The number of benzene rings is 1. The van der Waals surface area contributed by atoms with Gasteiger partial charge in [-0.1, -0.05) is 36.0 Å². The van der Waals surface area contributed by atoms with Gasteiger partial charge in [0.1, 0.15) is 0 Å². The Morgan fingerprint density at radius 1 is 1.00 bits per heavy atom. The van der Waals surface area contributed by atoms with Crippen LogP contribution in [-0.4, -0.2) is 29.8 Å². The molecule has 23 heavy (non-hydrogen) atoms. The Morgan fingerprint density at radius 2 is 1.70 bits per heavy atom. The largest absolute Gasteiger partial charge is 0.342 e. The normalized spacial score (nSPS) is 24.0. The van der Waals surface area contributed by atoms with Gasteiger partial charge in [-0.3, -0.25) is 9.59 Å². The number of rotatable bonds is 3. The number of nitrogens with zero attached hydrogens (tertiary/aromatic N) is 1. The van der Waals surface area contributed by atoms with Crippen molar-refractivity contribution < 1.29 is 9.59 Å². The molecule has 2 amide bonds. The molecule has 3 rings (SSSR count). The smallest absolute Gasteiger partial charge is 0.228 e. The van der Waals surface area contributed by atoms with E-state index in [1.807, 2.05) is 4.90 Å². The third-order valence-electron chi connectivity index (χ3n) is 4.55. The average molecular weight is 355 g/mol. The predicted octanol–water partition coefficient (Wildman–Crippen LogP) is 3.97. The minimum Gasteiger partial charge on any atom is -0.342 e. The molecule has 0 radical (unpaired) electrons. The second-order valence-corrected chi connectivity index (χ2v) is 7.12. The van der Waals surface area contributed by atoms with Crippen LogP contribution in [0.1, 0.15) is 32.1 Å². The highest BCUT2D eigenvalue weighted by molar-refractivity contribution is 6.42. The van der Waals surface area contributed by atoms with E-state index in [0.717, 1.165) is 25.9 Å². The van der Waals surface area contributed by atoms with Crippen molar-refractivity contribution in [1.29, 1.82) is 0 Å². The molecule has 124 valence electrons. The molecule has 1 heterocycles. The summed E-state index contributed by atoms with van der Waals surface area (Å²) in [6.07, 6.45) is 5.16. The number of carbonyl (C=O) groups excluding carboxylic acids is 2. The summed E-state index contributed by atoms with van der Waals surface area (Å²) in [6.45, 7) is 1.66. The zero-order chi connectivity index (χ0) is 16.4.